The van der Waals surface area contributed by atoms with E-state index in [0.29, 0.717) is 31.3 Å². The Morgan fingerprint density at radius 3 is 2.40 bits per heavy atom. The van der Waals surface area contributed by atoms with Crippen LogP contribution >= 0.6 is 0 Å². The van der Waals surface area contributed by atoms with Crippen LogP contribution < -0.4 is 20.2 Å². The number of hydrogen-bond donors (Lipinski definition) is 1. The maximum absolute atomic E-state index is 14.3. The highest BCUT2D eigenvalue weighted by molar-refractivity contribution is 5.99. The molecule has 13 heteroatoms. The van der Waals surface area contributed by atoms with Gasteiger partial charge in [0.1, 0.15) is 34.8 Å². The minimum absolute atomic E-state index is 0. The standard InChI is InChI=1S/C32H33F2N5O6.C3H8.C2H6.H2/c1-18-11-12-32(39(19(2)36-45-32)15-20-5-9-23(43-3)10-6-20)26-17-37(18)31(42)27-29(44-4)28(40)24(16-38(26)27)30(41)35-14-21-7-8-22(33)13-25(21)34;1-3-2;1-2;/h5-10,13,16,18,26H,11-12,14-15,17H2,1-4H3,(H,35,41);3H2,1-2H3;1-2H3;1H/t18-,26?,32+;;;/m0.../s1. The highest BCUT2D eigenvalue weighted by Crippen LogP contribution is 2.47. The van der Waals surface area contributed by atoms with Gasteiger partial charge in [0.15, 0.2) is 11.4 Å². The normalized spacial score (nSPS) is 20.3. The lowest BCUT2D eigenvalue weighted by atomic mass is 9.93. The smallest absolute Gasteiger partial charge is 0.274 e. The number of pyridine rings is 1. The maximum Gasteiger partial charge on any atom is 0.274 e. The van der Waals surface area contributed by atoms with E-state index in [1.54, 1.807) is 16.6 Å². The van der Waals surface area contributed by atoms with Crippen LogP contribution in [-0.2, 0) is 17.9 Å². The summed E-state index contributed by atoms with van der Waals surface area (Å²) in [5, 5.41) is 6.93. The second-order valence-electron chi connectivity index (χ2n) is 12.2. The number of methoxy groups -OCH3 is 2. The van der Waals surface area contributed by atoms with Crippen molar-refractivity contribution in [2.45, 2.75) is 91.7 Å². The van der Waals surface area contributed by atoms with Crippen molar-refractivity contribution in [2.24, 2.45) is 5.16 Å². The molecule has 272 valence electrons. The molecule has 0 aliphatic carbocycles. The van der Waals surface area contributed by atoms with Crippen LogP contribution in [-0.4, -0.2) is 64.5 Å². The van der Waals surface area contributed by atoms with Crippen molar-refractivity contribution in [1.29, 1.82) is 0 Å². The van der Waals surface area contributed by atoms with Crippen molar-refractivity contribution >= 4 is 17.6 Å². The van der Waals surface area contributed by atoms with E-state index in [-0.39, 0.29) is 43.1 Å². The van der Waals surface area contributed by atoms with E-state index in [4.69, 9.17) is 14.3 Å². The van der Waals surface area contributed by atoms with Gasteiger partial charge in [-0.05, 0) is 44.0 Å². The number of carbonyl (C=O) groups is 2. The van der Waals surface area contributed by atoms with Gasteiger partial charge in [0, 0.05) is 51.4 Å². The van der Waals surface area contributed by atoms with Gasteiger partial charge in [-0.2, -0.15) is 0 Å². The van der Waals surface area contributed by atoms with Crippen LogP contribution in [0, 0.1) is 11.6 Å². The predicted molar refractivity (Wildman–Crippen MR) is 188 cm³/mol. The molecular weight excluding hydrogens is 648 g/mol. The van der Waals surface area contributed by atoms with Crippen LogP contribution in [0.5, 0.6) is 11.5 Å². The fourth-order valence-electron chi connectivity index (χ4n) is 6.42. The number of nitrogens with zero attached hydrogens (tertiary/aromatic N) is 4. The van der Waals surface area contributed by atoms with Crippen LogP contribution in [0.3, 0.4) is 0 Å². The summed E-state index contributed by atoms with van der Waals surface area (Å²) in [5.74, 6) is -1.71. The monoisotopic (exact) mass is 697 g/mol. The van der Waals surface area contributed by atoms with Gasteiger partial charge in [-0.3, -0.25) is 14.4 Å². The number of halogens is 2. The minimum atomic E-state index is -1.08. The highest BCUT2D eigenvalue weighted by atomic mass is 19.1. The molecule has 2 bridgehead atoms. The summed E-state index contributed by atoms with van der Waals surface area (Å²) in [5.41, 5.74) is -1.14. The van der Waals surface area contributed by atoms with Gasteiger partial charge < -0.3 is 34.0 Å². The van der Waals surface area contributed by atoms with Crippen LogP contribution in [0.25, 0.3) is 0 Å². The van der Waals surface area contributed by atoms with Crippen molar-refractivity contribution in [1.82, 2.24) is 19.7 Å². The summed E-state index contributed by atoms with van der Waals surface area (Å²) in [6.45, 7) is 12.4. The second kappa shape index (κ2) is 16.2. The summed E-state index contributed by atoms with van der Waals surface area (Å²) in [7, 11) is 2.87. The average molecular weight is 698 g/mol. The van der Waals surface area contributed by atoms with E-state index in [0.717, 1.165) is 17.4 Å². The number of rotatable bonds is 7. The molecule has 1 N–H and O–H groups in total. The average Bonchev–Trinajstić information content (AvgIpc) is 3.35. The lowest BCUT2D eigenvalue weighted by Gasteiger charge is -2.45. The summed E-state index contributed by atoms with van der Waals surface area (Å²) < 4.78 is 40.0. The first-order valence-electron chi connectivity index (χ1n) is 17.0. The van der Waals surface area contributed by atoms with Gasteiger partial charge in [-0.15, -0.1) is 0 Å². The van der Waals surface area contributed by atoms with Crippen molar-refractivity contribution in [2.75, 3.05) is 20.8 Å². The molecule has 2 amide bonds. The van der Waals surface area contributed by atoms with Crippen molar-refractivity contribution in [3.8, 4) is 11.5 Å². The second-order valence-corrected chi connectivity index (χ2v) is 12.2. The molecular formula is C37H49F2N5O6. The molecule has 3 atom stereocenters. The number of benzene rings is 2. The van der Waals surface area contributed by atoms with Gasteiger partial charge in [0.05, 0.1) is 14.2 Å². The topological polar surface area (TPSA) is 115 Å². The van der Waals surface area contributed by atoms with Crippen molar-refractivity contribution in [3.63, 3.8) is 0 Å². The van der Waals surface area contributed by atoms with Gasteiger partial charge in [-0.25, -0.2) is 8.78 Å². The Labute approximate surface area is 293 Å². The molecule has 4 heterocycles. The molecule has 0 radical (unpaired) electrons. The van der Waals surface area contributed by atoms with E-state index in [1.807, 2.05) is 52.0 Å². The molecule has 2 aromatic carbocycles. The molecule has 3 aliphatic rings. The summed E-state index contributed by atoms with van der Waals surface area (Å²) >= 11 is 0. The zero-order chi connectivity index (χ0) is 36.7. The highest BCUT2D eigenvalue weighted by Gasteiger charge is 2.57. The number of nitrogens with one attached hydrogen (secondary N) is 1. The molecule has 1 unspecified atom stereocenters. The number of amidine groups is 1. The van der Waals surface area contributed by atoms with E-state index in [9.17, 15) is 23.2 Å². The fourth-order valence-corrected chi connectivity index (χ4v) is 6.42. The Balaban J connectivity index is 0.00000111. The molecule has 3 aromatic rings. The third-order valence-electron chi connectivity index (χ3n) is 8.92. The van der Waals surface area contributed by atoms with Crippen LogP contribution in [0.2, 0.25) is 0 Å². The summed E-state index contributed by atoms with van der Waals surface area (Å²) in [4.78, 5) is 51.0. The molecule has 1 spiro atoms. The number of aromatic nitrogens is 1. The van der Waals surface area contributed by atoms with Crippen LogP contribution in [0.4, 0.5) is 8.78 Å². The molecule has 11 nitrogen and oxygen atoms in total. The Bertz CT molecular complexity index is 1790. The summed E-state index contributed by atoms with van der Waals surface area (Å²) in [6.07, 6.45) is 3.66. The maximum atomic E-state index is 14.3. The molecule has 6 rings (SSSR count). The van der Waals surface area contributed by atoms with E-state index < -0.39 is 40.6 Å². The Hall–Kier alpha value is -4.94. The number of oxime groups is 1. The quantitative estimate of drug-likeness (QED) is 0.300. The van der Waals surface area contributed by atoms with Gasteiger partial charge in [0.2, 0.25) is 11.2 Å². The molecule has 1 saturated heterocycles. The molecule has 3 aliphatic heterocycles. The third-order valence-corrected chi connectivity index (χ3v) is 8.92. The number of ether oxygens (including phenoxy) is 2. The number of amides is 2. The first-order valence-corrected chi connectivity index (χ1v) is 17.0. The van der Waals surface area contributed by atoms with Gasteiger partial charge >= 0.3 is 0 Å². The number of hydrogen-bond acceptors (Lipinski definition) is 8. The number of fused-ring (bicyclic) bond motifs is 5. The van der Waals surface area contributed by atoms with Gasteiger partial charge in [-0.1, -0.05) is 57.5 Å². The lowest BCUT2D eigenvalue weighted by Crippen LogP contribution is -2.58. The molecule has 1 aromatic heterocycles. The third kappa shape index (κ3) is 7.17. The first-order chi connectivity index (χ1) is 24.0. The number of carbonyl (C=O) groups excluding carboxylic acids is 2. The van der Waals surface area contributed by atoms with E-state index in [1.165, 1.54) is 25.8 Å². The Kier molecular flexibility index (Phi) is 12.3. The largest absolute Gasteiger partial charge is 0.497 e. The molecule has 1 fully saturated rings. The zero-order valence-electron chi connectivity index (χ0n) is 30.0. The van der Waals surface area contributed by atoms with Crippen molar-refractivity contribution in [3.05, 3.63) is 92.9 Å². The molecule has 50 heavy (non-hydrogen) atoms. The lowest BCUT2D eigenvalue weighted by molar-refractivity contribution is -0.142. The summed E-state index contributed by atoms with van der Waals surface area (Å²) in [6, 6.07) is 9.86. The van der Waals surface area contributed by atoms with Crippen LogP contribution in [0.1, 0.15) is 100 Å². The van der Waals surface area contributed by atoms with E-state index >= 15 is 0 Å². The minimum Gasteiger partial charge on any atom is -0.497 e. The fraction of sp³-hybridized carbons (Fsp3) is 0.459. The van der Waals surface area contributed by atoms with Crippen molar-refractivity contribution < 1.29 is 34.1 Å². The SMILES string of the molecule is CC.CCC.COc1ccc(CN2C(C)=NO[C@@]23CC[C@H](C)N2CC3n3cc(C(=O)NCc4ccc(F)cc4F)c(=O)c(OC)c3C2=O)cc1.[HH]. The van der Waals surface area contributed by atoms with Crippen LogP contribution in [0.15, 0.2) is 58.6 Å². The predicted octanol–water partition coefficient (Wildman–Crippen LogP) is 6.50. The molecule has 0 saturated carbocycles. The van der Waals surface area contributed by atoms with E-state index in [2.05, 4.69) is 29.2 Å². The zero-order valence-corrected chi connectivity index (χ0v) is 30.0. The van der Waals surface area contributed by atoms with Gasteiger partial charge in [0.25, 0.3) is 11.8 Å². The Morgan fingerprint density at radius 1 is 1.10 bits per heavy atom. The first kappa shape index (κ1) is 37.9. The Morgan fingerprint density at radius 2 is 1.78 bits per heavy atom.